The Bertz CT molecular complexity index is 647. The lowest BCUT2D eigenvalue weighted by Gasteiger charge is -2.07. The predicted octanol–water partition coefficient (Wildman–Crippen LogP) is 2.04. The van der Waals surface area contributed by atoms with Crippen LogP contribution < -0.4 is 16.4 Å². The Kier molecular flexibility index (Phi) is 4.07. The van der Waals surface area contributed by atoms with Crippen molar-refractivity contribution in [3.8, 4) is 0 Å². The van der Waals surface area contributed by atoms with Gasteiger partial charge >= 0.3 is 0 Å². The maximum absolute atomic E-state index is 12.2. The number of nitrogens with one attached hydrogen (secondary N) is 2. The van der Waals surface area contributed by atoms with Crippen LogP contribution in [0.15, 0.2) is 5.38 Å². The highest BCUT2D eigenvalue weighted by Gasteiger charge is 2.27. The van der Waals surface area contributed by atoms with E-state index in [0.29, 0.717) is 24.0 Å². The fourth-order valence-corrected chi connectivity index (χ4v) is 3.34. The van der Waals surface area contributed by atoms with Crippen LogP contribution in [0.25, 0.3) is 0 Å². The molecule has 0 atom stereocenters. The van der Waals surface area contributed by atoms with Gasteiger partial charge in [0.1, 0.15) is 10.6 Å². The summed E-state index contributed by atoms with van der Waals surface area (Å²) in [5.41, 5.74) is 7.35. The van der Waals surface area contributed by atoms with Crippen LogP contribution in [0.1, 0.15) is 33.9 Å². The number of amides is 1. The molecule has 2 aromatic heterocycles. The van der Waals surface area contributed by atoms with E-state index in [0.717, 1.165) is 35.0 Å². The average molecular weight is 323 g/mol. The van der Waals surface area contributed by atoms with Crippen molar-refractivity contribution < 1.29 is 4.79 Å². The molecule has 0 bridgehead atoms. The van der Waals surface area contributed by atoms with Crippen molar-refractivity contribution in [1.29, 1.82) is 0 Å². The number of nitrogens with two attached hydrogens (primary N) is 1. The molecule has 21 heavy (non-hydrogen) atoms. The Morgan fingerprint density at radius 1 is 1.52 bits per heavy atom. The number of aromatic nitrogens is 2. The molecular weight excluding hydrogens is 306 g/mol. The van der Waals surface area contributed by atoms with Gasteiger partial charge in [-0.05, 0) is 31.3 Å². The molecule has 112 valence electrons. The third-order valence-electron chi connectivity index (χ3n) is 3.19. The molecule has 2 heterocycles. The minimum atomic E-state index is -0.129. The van der Waals surface area contributed by atoms with E-state index in [1.165, 1.54) is 11.5 Å². The Hall–Kier alpha value is -1.67. The van der Waals surface area contributed by atoms with E-state index in [-0.39, 0.29) is 5.91 Å². The highest BCUT2D eigenvalue weighted by Crippen LogP contribution is 2.28. The van der Waals surface area contributed by atoms with Crippen LogP contribution in [0, 0.1) is 6.92 Å². The van der Waals surface area contributed by atoms with E-state index in [4.69, 9.17) is 5.73 Å². The number of hydrogen-bond donors (Lipinski definition) is 3. The Morgan fingerprint density at radius 2 is 2.33 bits per heavy atom. The van der Waals surface area contributed by atoms with Crippen LogP contribution in [0.2, 0.25) is 0 Å². The molecule has 0 unspecified atom stereocenters. The minimum Gasteiger partial charge on any atom is -0.382 e. The first-order valence-electron chi connectivity index (χ1n) is 6.84. The summed E-state index contributed by atoms with van der Waals surface area (Å²) in [6, 6.07) is 0.308. The van der Waals surface area contributed by atoms with E-state index in [9.17, 15) is 4.79 Å². The summed E-state index contributed by atoms with van der Waals surface area (Å²) < 4.78 is 4.08. The zero-order chi connectivity index (χ0) is 14.8. The molecule has 1 saturated carbocycles. The quantitative estimate of drug-likeness (QED) is 0.756. The molecule has 6 nitrogen and oxygen atoms in total. The van der Waals surface area contributed by atoms with Gasteiger partial charge < -0.3 is 16.4 Å². The molecule has 0 aliphatic heterocycles. The molecule has 3 rings (SSSR count). The number of nitrogen functional groups attached to an aromatic ring is 1. The van der Waals surface area contributed by atoms with Crippen LogP contribution >= 0.6 is 22.9 Å². The van der Waals surface area contributed by atoms with E-state index >= 15 is 0 Å². The number of aryl methyl sites for hydroxylation is 1. The smallest absolute Gasteiger partial charge is 0.258 e. The third kappa shape index (κ3) is 3.51. The van der Waals surface area contributed by atoms with Crippen molar-refractivity contribution in [1.82, 2.24) is 14.7 Å². The van der Waals surface area contributed by atoms with Gasteiger partial charge in [0.2, 0.25) is 0 Å². The second-order valence-electron chi connectivity index (χ2n) is 5.05. The van der Waals surface area contributed by atoms with Gasteiger partial charge in [0.25, 0.3) is 5.91 Å². The number of anilines is 2. The maximum Gasteiger partial charge on any atom is 0.258 e. The summed E-state index contributed by atoms with van der Waals surface area (Å²) in [5, 5.41) is 10.0. The number of nitrogens with zero attached hydrogens (tertiary/aromatic N) is 2. The second-order valence-corrected chi connectivity index (χ2v) is 6.89. The highest BCUT2D eigenvalue weighted by molar-refractivity contribution is 7.11. The van der Waals surface area contributed by atoms with Crippen molar-refractivity contribution >= 4 is 39.6 Å². The van der Waals surface area contributed by atoms with Crippen LogP contribution in [-0.4, -0.2) is 27.9 Å². The number of thiazole rings is 1. The van der Waals surface area contributed by atoms with Gasteiger partial charge in [-0.2, -0.15) is 4.37 Å². The lowest BCUT2D eigenvalue weighted by Crippen LogP contribution is -2.26. The molecule has 2 aromatic rings. The SMILES string of the molecule is Cc1nc(CCNc2snc(N)c2C(=O)NC2CC2)cs1. The zero-order valence-corrected chi connectivity index (χ0v) is 13.3. The summed E-state index contributed by atoms with van der Waals surface area (Å²) in [6.45, 7) is 2.69. The molecule has 0 saturated heterocycles. The fourth-order valence-electron chi connectivity index (χ4n) is 1.95. The molecule has 8 heteroatoms. The minimum absolute atomic E-state index is 0.129. The summed E-state index contributed by atoms with van der Waals surface area (Å²) in [7, 11) is 0. The van der Waals surface area contributed by atoms with Gasteiger partial charge in [0.15, 0.2) is 5.82 Å². The summed E-state index contributed by atoms with van der Waals surface area (Å²) >= 11 is 2.87. The van der Waals surface area contributed by atoms with Crippen LogP contribution in [0.5, 0.6) is 0 Å². The predicted molar refractivity (Wildman–Crippen MR) is 86.1 cm³/mol. The van der Waals surface area contributed by atoms with Gasteiger partial charge in [-0.1, -0.05) is 0 Å². The molecule has 1 amide bonds. The first-order valence-corrected chi connectivity index (χ1v) is 8.49. The largest absolute Gasteiger partial charge is 0.382 e. The lowest BCUT2D eigenvalue weighted by molar-refractivity contribution is 0.0953. The van der Waals surface area contributed by atoms with Crippen molar-refractivity contribution in [2.75, 3.05) is 17.6 Å². The Labute approximate surface area is 130 Å². The van der Waals surface area contributed by atoms with Crippen LogP contribution in [0.4, 0.5) is 10.8 Å². The van der Waals surface area contributed by atoms with Gasteiger partial charge in [-0.15, -0.1) is 11.3 Å². The number of rotatable bonds is 6. The molecule has 0 aromatic carbocycles. The molecule has 0 radical (unpaired) electrons. The van der Waals surface area contributed by atoms with E-state index in [1.54, 1.807) is 11.3 Å². The summed E-state index contributed by atoms with van der Waals surface area (Å²) in [6.07, 6.45) is 2.91. The molecule has 1 aliphatic carbocycles. The van der Waals surface area contributed by atoms with Gasteiger partial charge in [-0.3, -0.25) is 4.79 Å². The average Bonchev–Trinajstić information content (AvgIpc) is 3.03. The summed E-state index contributed by atoms with van der Waals surface area (Å²) in [5.74, 6) is 0.168. The number of hydrogen-bond acceptors (Lipinski definition) is 7. The molecule has 1 aliphatic rings. The molecule has 4 N–H and O–H groups in total. The first kappa shape index (κ1) is 14.3. The van der Waals surface area contributed by atoms with E-state index in [1.807, 2.05) is 6.92 Å². The lowest BCUT2D eigenvalue weighted by atomic mass is 10.2. The van der Waals surface area contributed by atoms with E-state index < -0.39 is 0 Å². The standard InChI is InChI=1S/C13H17N5OS2/c1-7-16-9(6-20-7)4-5-15-13-10(11(14)18-21-13)12(19)17-8-2-3-8/h6,8,15H,2-5H2,1H3,(H2,14,18)(H,17,19). The molecular formula is C13H17N5OS2. The topological polar surface area (TPSA) is 92.9 Å². The Morgan fingerprint density at radius 3 is 3.00 bits per heavy atom. The van der Waals surface area contributed by atoms with Crippen LogP contribution in [0.3, 0.4) is 0 Å². The van der Waals surface area contributed by atoms with Gasteiger partial charge in [0, 0.05) is 24.4 Å². The second kappa shape index (κ2) is 5.98. The maximum atomic E-state index is 12.2. The van der Waals surface area contributed by atoms with Crippen molar-refractivity contribution in [2.24, 2.45) is 0 Å². The van der Waals surface area contributed by atoms with Crippen molar-refractivity contribution in [3.63, 3.8) is 0 Å². The zero-order valence-electron chi connectivity index (χ0n) is 11.7. The summed E-state index contributed by atoms with van der Waals surface area (Å²) in [4.78, 5) is 16.6. The third-order valence-corrected chi connectivity index (χ3v) is 4.83. The normalized spacial score (nSPS) is 14.1. The molecule has 0 spiro atoms. The van der Waals surface area contributed by atoms with Gasteiger partial charge in [-0.25, -0.2) is 4.98 Å². The van der Waals surface area contributed by atoms with Gasteiger partial charge in [0.05, 0.1) is 10.7 Å². The van der Waals surface area contributed by atoms with Crippen molar-refractivity contribution in [2.45, 2.75) is 32.2 Å². The monoisotopic (exact) mass is 323 g/mol. The van der Waals surface area contributed by atoms with E-state index in [2.05, 4.69) is 25.4 Å². The highest BCUT2D eigenvalue weighted by atomic mass is 32.1. The van der Waals surface area contributed by atoms with Crippen LogP contribution in [-0.2, 0) is 6.42 Å². The fraction of sp³-hybridized carbons (Fsp3) is 0.462. The molecule has 1 fully saturated rings. The Balaban J connectivity index is 1.60. The first-order chi connectivity index (χ1) is 10.1. The van der Waals surface area contributed by atoms with Crippen molar-refractivity contribution in [3.05, 3.63) is 21.6 Å². The number of carbonyl (C=O) groups is 1. The number of carbonyl (C=O) groups excluding carboxylic acids is 1.